The number of hydrogen-bond donors (Lipinski definition) is 1. The normalized spacial score (nSPS) is 34.1. The smallest absolute Gasteiger partial charge is 0.0838 e. The maximum absolute atomic E-state index is 9.69. The summed E-state index contributed by atoms with van der Waals surface area (Å²) in [6.07, 6.45) is 6.07. The van der Waals surface area contributed by atoms with Crippen molar-refractivity contribution in [2.75, 3.05) is 6.61 Å². The molecule has 1 rings (SSSR count). The second-order valence-electron chi connectivity index (χ2n) is 3.54. The third-order valence-corrected chi connectivity index (χ3v) is 2.56. The molecular formula is C11H18O2. The third kappa shape index (κ3) is 2.98. The summed E-state index contributed by atoms with van der Waals surface area (Å²) in [6.45, 7) is 7.84. The van der Waals surface area contributed by atoms with Gasteiger partial charge >= 0.3 is 0 Å². The van der Waals surface area contributed by atoms with Gasteiger partial charge in [-0.05, 0) is 25.2 Å². The molecule has 0 aromatic heterocycles. The quantitative estimate of drug-likeness (QED) is 0.673. The number of aliphatic hydroxyl groups is 1. The number of allylic oxidation sites excluding steroid dienone is 1. The number of ether oxygens (including phenoxy) is 1. The second kappa shape index (κ2) is 5.20. The lowest BCUT2D eigenvalue weighted by atomic mass is 9.85. The van der Waals surface area contributed by atoms with E-state index in [-0.39, 0.29) is 12.2 Å². The summed E-state index contributed by atoms with van der Waals surface area (Å²) in [7, 11) is 0. The van der Waals surface area contributed by atoms with Crippen LogP contribution in [-0.4, -0.2) is 23.9 Å². The molecule has 2 nitrogen and oxygen atoms in total. The summed E-state index contributed by atoms with van der Waals surface area (Å²) < 4.78 is 5.43. The van der Waals surface area contributed by atoms with Gasteiger partial charge < -0.3 is 9.84 Å². The predicted molar refractivity (Wildman–Crippen MR) is 53.5 cm³/mol. The van der Waals surface area contributed by atoms with Gasteiger partial charge in [-0.3, -0.25) is 0 Å². The minimum absolute atomic E-state index is 0.00537. The van der Waals surface area contributed by atoms with E-state index in [0.717, 1.165) is 19.3 Å². The average Bonchev–Trinajstić information content (AvgIpc) is 2.16. The van der Waals surface area contributed by atoms with Crippen molar-refractivity contribution in [1.82, 2.24) is 0 Å². The van der Waals surface area contributed by atoms with E-state index in [4.69, 9.17) is 4.74 Å². The van der Waals surface area contributed by atoms with E-state index in [1.807, 2.05) is 6.08 Å². The molecule has 0 bridgehead atoms. The van der Waals surface area contributed by atoms with E-state index in [0.29, 0.717) is 12.5 Å². The molecule has 0 radical (unpaired) electrons. The standard InChI is InChI=1S/C11H18O2/c1-3-7-13-11-6-5-9(4-2)8-10(11)12/h3-4,9-12H,1-2,5-8H2. The average molecular weight is 182 g/mol. The van der Waals surface area contributed by atoms with Crippen molar-refractivity contribution in [3.05, 3.63) is 25.3 Å². The molecule has 1 saturated carbocycles. The zero-order valence-electron chi connectivity index (χ0n) is 7.98. The van der Waals surface area contributed by atoms with E-state index < -0.39 is 0 Å². The van der Waals surface area contributed by atoms with Crippen molar-refractivity contribution in [2.45, 2.75) is 31.5 Å². The summed E-state index contributed by atoms with van der Waals surface area (Å²) in [6, 6.07) is 0. The Morgan fingerprint density at radius 3 is 2.69 bits per heavy atom. The van der Waals surface area contributed by atoms with Gasteiger partial charge in [0.1, 0.15) is 0 Å². The molecule has 0 aliphatic heterocycles. The lowest BCUT2D eigenvalue weighted by Crippen LogP contribution is -2.35. The van der Waals surface area contributed by atoms with E-state index in [9.17, 15) is 5.11 Å². The van der Waals surface area contributed by atoms with Crippen LogP contribution in [0.25, 0.3) is 0 Å². The molecule has 2 heteroatoms. The largest absolute Gasteiger partial charge is 0.390 e. The topological polar surface area (TPSA) is 29.5 Å². The first-order valence-corrected chi connectivity index (χ1v) is 4.81. The Kier molecular flexibility index (Phi) is 4.19. The van der Waals surface area contributed by atoms with Gasteiger partial charge in [-0.15, -0.1) is 13.2 Å². The summed E-state index contributed by atoms with van der Waals surface area (Å²) in [4.78, 5) is 0. The first-order chi connectivity index (χ1) is 6.27. The third-order valence-electron chi connectivity index (χ3n) is 2.56. The van der Waals surface area contributed by atoms with Gasteiger partial charge in [0.2, 0.25) is 0 Å². The van der Waals surface area contributed by atoms with Gasteiger partial charge in [-0.25, -0.2) is 0 Å². The van der Waals surface area contributed by atoms with E-state index in [1.54, 1.807) is 6.08 Å². The Bertz CT molecular complexity index is 177. The minimum atomic E-state index is -0.336. The van der Waals surface area contributed by atoms with Crippen molar-refractivity contribution in [3.8, 4) is 0 Å². The van der Waals surface area contributed by atoms with E-state index in [2.05, 4.69) is 13.2 Å². The molecule has 3 atom stereocenters. The summed E-state index contributed by atoms with van der Waals surface area (Å²) in [5.41, 5.74) is 0. The molecule has 74 valence electrons. The van der Waals surface area contributed by atoms with Gasteiger partial charge in [-0.2, -0.15) is 0 Å². The molecule has 3 unspecified atom stereocenters. The van der Waals surface area contributed by atoms with E-state index >= 15 is 0 Å². The highest BCUT2D eigenvalue weighted by molar-refractivity contribution is 4.89. The highest BCUT2D eigenvalue weighted by atomic mass is 16.5. The molecule has 1 fully saturated rings. The van der Waals surface area contributed by atoms with Gasteiger partial charge in [-0.1, -0.05) is 12.2 Å². The first kappa shape index (κ1) is 10.5. The van der Waals surface area contributed by atoms with Crippen LogP contribution in [0.1, 0.15) is 19.3 Å². The summed E-state index contributed by atoms with van der Waals surface area (Å²) >= 11 is 0. The van der Waals surface area contributed by atoms with Crippen LogP contribution >= 0.6 is 0 Å². The molecule has 0 saturated heterocycles. The second-order valence-corrected chi connectivity index (χ2v) is 3.54. The van der Waals surface area contributed by atoms with Crippen molar-refractivity contribution in [2.24, 2.45) is 5.92 Å². The number of rotatable bonds is 4. The van der Waals surface area contributed by atoms with Crippen LogP contribution in [-0.2, 0) is 4.74 Å². The monoisotopic (exact) mass is 182 g/mol. The van der Waals surface area contributed by atoms with Crippen LogP contribution in [0.5, 0.6) is 0 Å². The summed E-state index contributed by atoms with van der Waals surface area (Å²) in [5.74, 6) is 0.457. The van der Waals surface area contributed by atoms with Crippen LogP contribution in [0.4, 0.5) is 0 Å². The van der Waals surface area contributed by atoms with Crippen LogP contribution in [0.3, 0.4) is 0 Å². The van der Waals surface area contributed by atoms with Crippen molar-refractivity contribution >= 4 is 0 Å². The molecular weight excluding hydrogens is 164 g/mol. The van der Waals surface area contributed by atoms with Crippen LogP contribution in [0.15, 0.2) is 25.3 Å². The highest BCUT2D eigenvalue weighted by Crippen LogP contribution is 2.27. The number of aliphatic hydroxyl groups excluding tert-OH is 1. The van der Waals surface area contributed by atoms with Crippen molar-refractivity contribution < 1.29 is 9.84 Å². The van der Waals surface area contributed by atoms with Crippen LogP contribution in [0.2, 0.25) is 0 Å². The van der Waals surface area contributed by atoms with Gasteiger partial charge in [0.25, 0.3) is 0 Å². The zero-order valence-corrected chi connectivity index (χ0v) is 7.98. The van der Waals surface area contributed by atoms with Crippen LogP contribution in [0, 0.1) is 5.92 Å². The predicted octanol–water partition coefficient (Wildman–Crippen LogP) is 1.90. The lowest BCUT2D eigenvalue weighted by Gasteiger charge is -2.31. The number of hydrogen-bond acceptors (Lipinski definition) is 2. The molecule has 1 aliphatic carbocycles. The van der Waals surface area contributed by atoms with Crippen LogP contribution < -0.4 is 0 Å². The van der Waals surface area contributed by atoms with E-state index in [1.165, 1.54) is 0 Å². The Hall–Kier alpha value is -0.600. The van der Waals surface area contributed by atoms with Crippen molar-refractivity contribution in [3.63, 3.8) is 0 Å². The molecule has 0 heterocycles. The van der Waals surface area contributed by atoms with Crippen molar-refractivity contribution in [1.29, 1.82) is 0 Å². The SMILES string of the molecule is C=CCOC1CCC(C=C)CC1O. The maximum atomic E-state index is 9.69. The maximum Gasteiger partial charge on any atom is 0.0838 e. The molecule has 0 amide bonds. The molecule has 0 aromatic carbocycles. The molecule has 1 N–H and O–H groups in total. The Morgan fingerprint density at radius 2 is 2.15 bits per heavy atom. The Balaban J connectivity index is 2.34. The first-order valence-electron chi connectivity index (χ1n) is 4.81. The summed E-state index contributed by atoms with van der Waals surface area (Å²) in [5, 5.41) is 9.69. The molecule has 0 spiro atoms. The highest BCUT2D eigenvalue weighted by Gasteiger charge is 2.27. The minimum Gasteiger partial charge on any atom is -0.390 e. The fourth-order valence-corrected chi connectivity index (χ4v) is 1.75. The zero-order chi connectivity index (χ0) is 9.68. The fraction of sp³-hybridized carbons (Fsp3) is 0.636. The fourth-order valence-electron chi connectivity index (χ4n) is 1.75. The van der Waals surface area contributed by atoms with Gasteiger partial charge in [0, 0.05) is 0 Å². The molecule has 13 heavy (non-hydrogen) atoms. The van der Waals surface area contributed by atoms with Gasteiger partial charge in [0.15, 0.2) is 0 Å². The Labute approximate surface area is 79.9 Å². The van der Waals surface area contributed by atoms with Gasteiger partial charge in [0.05, 0.1) is 18.8 Å². The molecule has 1 aliphatic rings. The molecule has 0 aromatic rings. The Morgan fingerprint density at radius 1 is 1.38 bits per heavy atom. The lowest BCUT2D eigenvalue weighted by molar-refractivity contribution is -0.0566.